The second-order valence-corrected chi connectivity index (χ2v) is 8.33. The molecule has 1 aromatic heterocycles. The highest BCUT2D eigenvalue weighted by Gasteiger charge is 2.31. The fraction of sp³-hybridized carbons (Fsp3) is 0.500. The van der Waals surface area contributed by atoms with Crippen LogP contribution < -0.4 is 9.47 Å². The van der Waals surface area contributed by atoms with E-state index < -0.39 is 0 Å². The molecule has 1 fully saturated rings. The lowest BCUT2D eigenvalue weighted by molar-refractivity contribution is -0.135. The van der Waals surface area contributed by atoms with Crippen molar-refractivity contribution in [1.29, 1.82) is 0 Å². The highest BCUT2D eigenvalue weighted by Crippen LogP contribution is 2.42. The number of morpholine rings is 1. The predicted octanol–water partition coefficient (Wildman–Crippen LogP) is 2.96. The van der Waals surface area contributed by atoms with E-state index in [2.05, 4.69) is 34.5 Å². The van der Waals surface area contributed by atoms with Crippen LogP contribution in [0.25, 0.3) is 0 Å². The average Bonchev–Trinajstić information content (AvgIpc) is 3.31. The Morgan fingerprint density at radius 1 is 1.17 bits per heavy atom. The van der Waals surface area contributed by atoms with Gasteiger partial charge in [-0.1, -0.05) is 6.07 Å². The third kappa shape index (κ3) is 4.27. The van der Waals surface area contributed by atoms with Crippen molar-refractivity contribution in [3.05, 3.63) is 45.6 Å². The molecular formula is C22H28N2O4S. The Hall–Kier alpha value is -2.09. The number of amides is 1. The number of fused-ring (bicyclic) bond motifs is 1. The minimum absolute atomic E-state index is 0.135. The molecule has 4 rings (SSSR count). The molecule has 1 saturated heterocycles. The Bertz CT molecular complexity index is 834. The Labute approximate surface area is 176 Å². The van der Waals surface area contributed by atoms with Crippen LogP contribution in [0.15, 0.2) is 29.6 Å². The van der Waals surface area contributed by atoms with E-state index in [0.717, 1.165) is 31.0 Å². The average molecular weight is 417 g/mol. The van der Waals surface area contributed by atoms with Gasteiger partial charge in [0.25, 0.3) is 0 Å². The molecule has 156 valence electrons. The maximum Gasteiger partial charge on any atom is 0.224 e. The summed E-state index contributed by atoms with van der Waals surface area (Å²) in [5.41, 5.74) is 2.53. The molecular weight excluding hydrogens is 388 g/mol. The summed E-state index contributed by atoms with van der Waals surface area (Å²) in [5.74, 6) is 1.74. The zero-order chi connectivity index (χ0) is 20.2. The van der Waals surface area contributed by atoms with Crippen molar-refractivity contribution in [3.8, 4) is 11.5 Å². The van der Waals surface area contributed by atoms with Gasteiger partial charge in [0.2, 0.25) is 5.91 Å². The van der Waals surface area contributed by atoms with Crippen molar-refractivity contribution >= 4 is 17.2 Å². The lowest BCUT2D eigenvalue weighted by Gasteiger charge is -2.37. The molecule has 2 aromatic rings. The quantitative estimate of drug-likeness (QED) is 0.725. The summed E-state index contributed by atoms with van der Waals surface area (Å²) in [7, 11) is 3.35. The molecule has 1 amide bonds. The van der Waals surface area contributed by atoms with Crippen LogP contribution in [-0.2, 0) is 16.0 Å². The molecule has 7 heteroatoms. The van der Waals surface area contributed by atoms with Crippen LogP contribution in [0.1, 0.15) is 28.5 Å². The van der Waals surface area contributed by atoms with Gasteiger partial charge in [-0.15, -0.1) is 11.3 Å². The third-order valence-corrected chi connectivity index (χ3v) is 6.69. The van der Waals surface area contributed by atoms with Crippen molar-refractivity contribution < 1.29 is 19.0 Å². The standard InChI is InChI=1S/C22H28N2O4S/c1-26-18-14-16-5-7-24(8-6-21(25)23-9-11-28-12-10-23)22(20-4-3-13-29-20)17(16)15-19(18)27-2/h3-4,13-15,22H,5-12H2,1-2H3. The van der Waals surface area contributed by atoms with Gasteiger partial charge in [0.1, 0.15) is 0 Å². The largest absolute Gasteiger partial charge is 0.493 e. The number of ether oxygens (including phenoxy) is 3. The molecule has 6 nitrogen and oxygen atoms in total. The maximum absolute atomic E-state index is 12.7. The van der Waals surface area contributed by atoms with Crippen molar-refractivity contribution in [2.24, 2.45) is 0 Å². The van der Waals surface area contributed by atoms with E-state index in [0.29, 0.717) is 32.7 Å². The van der Waals surface area contributed by atoms with Crippen LogP contribution in [0.4, 0.5) is 0 Å². The van der Waals surface area contributed by atoms with Crippen molar-refractivity contribution in [2.75, 3.05) is 53.6 Å². The van der Waals surface area contributed by atoms with E-state index in [9.17, 15) is 4.79 Å². The number of hydrogen-bond acceptors (Lipinski definition) is 6. The molecule has 2 aliphatic heterocycles. The van der Waals surface area contributed by atoms with Crippen LogP contribution in [0.2, 0.25) is 0 Å². The second-order valence-electron chi connectivity index (χ2n) is 7.35. The van der Waals surface area contributed by atoms with Gasteiger partial charge >= 0.3 is 0 Å². The topological polar surface area (TPSA) is 51.2 Å². The number of methoxy groups -OCH3 is 2. The Morgan fingerprint density at radius 2 is 1.93 bits per heavy atom. The molecule has 2 aliphatic rings. The summed E-state index contributed by atoms with van der Waals surface area (Å²) < 4.78 is 16.4. The Morgan fingerprint density at radius 3 is 2.62 bits per heavy atom. The molecule has 0 spiro atoms. The molecule has 1 aromatic carbocycles. The molecule has 0 bridgehead atoms. The third-order valence-electron chi connectivity index (χ3n) is 5.76. The molecule has 3 heterocycles. The molecule has 0 N–H and O–H groups in total. The van der Waals surface area contributed by atoms with Crippen LogP contribution in [0.3, 0.4) is 0 Å². The van der Waals surface area contributed by atoms with Gasteiger partial charge in [-0.2, -0.15) is 0 Å². The van der Waals surface area contributed by atoms with Crippen LogP contribution >= 0.6 is 11.3 Å². The lowest BCUT2D eigenvalue weighted by Crippen LogP contribution is -2.43. The van der Waals surface area contributed by atoms with Gasteiger partial charge in [-0.25, -0.2) is 0 Å². The number of thiophene rings is 1. The molecule has 1 unspecified atom stereocenters. The van der Waals surface area contributed by atoms with Gasteiger partial charge in [0.15, 0.2) is 11.5 Å². The van der Waals surface area contributed by atoms with Crippen LogP contribution in [0, 0.1) is 0 Å². The van der Waals surface area contributed by atoms with E-state index in [4.69, 9.17) is 14.2 Å². The summed E-state index contributed by atoms with van der Waals surface area (Å²) in [6, 6.07) is 8.61. The number of carbonyl (C=O) groups excluding carboxylic acids is 1. The Balaban J connectivity index is 1.57. The van der Waals surface area contributed by atoms with Crippen LogP contribution in [-0.4, -0.2) is 69.3 Å². The number of hydrogen-bond donors (Lipinski definition) is 0. The van der Waals surface area contributed by atoms with Crippen molar-refractivity contribution in [2.45, 2.75) is 18.9 Å². The second kappa shape index (κ2) is 9.15. The minimum atomic E-state index is 0.135. The van der Waals surface area contributed by atoms with Crippen molar-refractivity contribution in [3.63, 3.8) is 0 Å². The zero-order valence-corrected chi connectivity index (χ0v) is 17.9. The van der Waals surface area contributed by atoms with Gasteiger partial charge in [0.05, 0.1) is 33.5 Å². The molecule has 1 atom stereocenters. The number of nitrogens with zero attached hydrogens (tertiary/aromatic N) is 2. The lowest BCUT2D eigenvalue weighted by atomic mass is 9.90. The fourth-order valence-electron chi connectivity index (χ4n) is 4.23. The SMILES string of the molecule is COc1cc2c(cc1OC)C(c1cccs1)N(CCC(=O)N1CCOCC1)CC2. The molecule has 0 radical (unpaired) electrons. The van der Waals surface area contributed by atoms with Gasteiger partial charge in [-0.3, -0.25) is 9.69 Å². The van der Waals surface area contributed by atoms with Gasteiger partial charge in [-0.05, 0) is 41.1 Å². The number of carbonyl (C=O) groups is 1. The van der Waals surface area contributed by atoms with E-state index in [1.54, 1.807) is 25.6 Å². The summed E-state index contributed by atoms with van der Waals surface area (Å²) in [6.45, 7) is 4.35. The summed E-state index contributed by atoms with van der Waals surface area (Å²) in [6.07, 6.45) is 1.47. The summed E-state index contributed by atoms with van der Waals surface area (Å²) >= 11 is 1.76. The van der Waals surface area contributed by atoms with Crippen LogP contribution in [0.5, 0.6) is 11.5 Å². The molecule has 29 heavy (non-hydrogen) atoms. The number of rotatable bonds is 6. The first kappa shape index (κ1) is 20.2. The maximum atomic E-state index is 12.7. The number of benzene rings is 1. The first-order valence-corrected chi connectivity index (χ1v) is 11.0. The molecule has 0 aliphatic carbocycles. The first-order valence-electron chi connectivity index (χ1n) is 10.1. The van der Waals surface area contributed by atoms with E-state index >= 15 is 0 Å². The first-order chi connectivity index (χ1) is 14.2. The van der Waals surface area contributed by atoms with Gasteiger partial charge < -0.3 is 19.1 Å². The van der Waals surface area contributed by atoms with E-state index in [-0.39, 0.29) is 11.9 Å². The molecule has 0 saturated carbocycles. The fourth-order valence-corrected chi connectivity index (χ4v) is 5.11. The van der Waals surface area contributed by atoms with Gasteiger partial charge in [0, 0.05) is 37.5 Å². The normalized spacial score (nSPS) is 19.7. The monoisotopic (exact) mass is 416 g/mol. The van der Waals surface area contributed by atoms with Crippen molar-refractivity contribution in [1.82, 2.24) is 9.80 Å². The predicted molar refractivity (Wildman–Crippen MR) is 113 cm³/mol. The summed E-state index contributed by atoms with van der Waals surface area (Å²) in [4.78, 5) is 18.3. The zero-order valence-electron chi connectivity index (χ0n) is 17.1. The van der Waals surface area contributed by atoms with E-state index in [1.807, 2.05) is 4.90 Å². The minimum Gasteiger partial charge on any atom is -0.493 e. The van der Waals surface area contributed by atoms with E-state index in [1.165, 1.54) is 16.0 Å². The highest BCUT2D eigenvalue weighted by molar-refractivity contribution is 7.10. The highest BCUT2D eigenvalue weighted by atomic mass is 32.1. The summed E-state index contributed by atoms with van der Waals surface area (Å²) in [5, 5.41) is 2.11. The Kier molecular flexibility index (Phi) is 6.37. The smallest absolute Gasteiger partial charge is 0.224 e.